The van der Waals surface area contributed by atoms with Crippen LogP contribution in [0.1, 0.15) is 20.3 Å². The number of rotatable bonds is 5. The van der Waals surface area contributed by atoms with Crippen LogP contribution in [0.2, 0.25) is 0 Å². The third-order valence-electron chi connectivity index (χ3n) is 4.06. The van der Waals surface area contributed by atoms with E-state index in [2.05, 4.69) is 11.8 Å². The number of nitro groups is 1. The molecule has 7 heteroatoms. The first-order valence-electron chi connectivity index (χ1n) is 7.93. The minimum absolute atomic E-state index is 0.0699. The summed E-state index contributed by atoms with van der Waals surface area (Å²) in [6.45, 7) is 8.62. The Morgan fingerprint density at radius 1 is 1.26 bits per heavy atom. The molecule has 0 aromatic heterocycles. The topological polar surface area (TPSA) is 66.7 Å². The molecular weight excluding hydrogens is 314 g/mol. The fraction of sp³-hybridized carbons (Fsp3) is 0.562. The van der Waals surface area contributed by atoms with E-state index in [9.17, 15) is 14.9 Å². The zero-order valence-electron chi connectivity index (χ0n) is 13.6. The van der Waals surface area contributed by atoms with Crippen molar-refractivity contribution in [1.29, 1.82) is 0 Å². The monoisotopic (exact) mass is 337 g/mol. The molecular formula is C16H23N3O3S. The summed E-state index contributed by atoms with van der Waals surface area (Å²) in [5, 5.41) is 10.5. The SMILES string of the molecule is CCN1CCCN(C(=O)[C@H](C)Sc2ccc([N+](=O)[O-])cc2)CC1. The van der Waals surface area contributed by atoms with Gasteiger partial charge in [-0.05, 0) is 38.6 Å². The van der Waals surface area contributed by atoms with Crippen molar-refractivity contribution >= 4 is 23.4 Å². The summed E-state index contributed by atoms with van der Waals surface area (Å²) < 4.78 is 0. The highest BCUT2D eigenvalue weighted by molar-refractivity contribution is 8.00. The molecule has 0 N–H and O–H groups in total. The van der Waals surface area contributed by atoms with Crippen molar-refractivity contribution in [3.05, 3.63) is 34.4 Å². The number of non-ortho nitro benzene ring substituents is 1. The highest BCUT2D eigenvalue weighted by atomic mass is 32.2. The van der Waals surface area contributed by atoms with Crippen LogP contribution in [0.3, 0.4) is 0 Å². The Balaban J connectivity index is 1.92. The Bertz CT molecular complexity index is 550. The molecule has 2 rings (SSSR count). The Morgan fingerprint density at radius 3 is 2.57 bits per heavy atom. The van der Waals surface area contributed by atoms with Gasteiger partial charge < -0.3 is 9.80 Å². The van der Waals surface area contributed by atoms with E-state index in [4.69, 9.17) is 0 Å². The van der Waals surface area contributed by atoms with Crippen molar-refractivity contribution in [2.24, 2.45) is 0 Å². The van der Waals surface area contributed by atoms with Gasteiger partial charge in [0.1, 0.15) is 0 Å². The van der Waals surface area contributed by atoms with Crippen LogP contribution in [0.5, 0.6) is 0 Å². The van der Waals surface area contributed by atoms with Gasteiger partial charge in [-0.25, -0.2) is 0 Å². The highest BCUT2D eigenvalue weighted by Gasteiger charge is 2.23. The van der Waals surface area contributed by atoms with E-state index in [1.165, 1.54) is 23.9 Å². The van der Waals surface area contributed by atoms with Gasteiger partial charge in [0.05, 0.1) is 10.2 Å². The predicted octanol–water partition coefficient (Wildman–Crippen LogP) is 2.63. The lowest BCUT2D eigenvalue weighted by molar-refractivity contribution is -0.384. The lowest BCUT2D eigenvalue weighted by Gasteiger charge is -2.24. The quantitative estimate of drug-likeness (QED) is 0.469. The number of hydrogen-bond acceptors (Lipinski definition) is 5. The molecule has 0 spiro atoms. The molecule has 1 aromatic rings. The van der Waals surface area contributed by atoms with Gasteiger partial charge in [0, 0.05) is 36.7 Å². The van der Waals surface area contributed by atoms with E-state index >= 15 is 0 Å². The van der Waals surface area contributed by atoms with Crippen LogP contribution in [0.15, 0.2) is 29.2 Å². The maximum absolute atomic E-state index is 12.6. The van der Waals surface area contributed by atoms with Crippen molar-refractivity contribution in [3.63, 3.8) is 0 Å². The Hall–Kier alpha value is -1.60. The number of thioether (sulfide) groups is 1. The first-order valence-corrected chi connectivity index (χ1v) is 8.81. The van der Waals surface area contributed by atoms with Gasteiger partial charge in [-0.15, -0.1) is 11.8 Å². The zero-order valence-corrected chi connectivity index (χ0v) is 14.4. The summed E-state index contributed by atoms with van der Waals surface area (Å²) in [4.78, 5) is 28.0. The minimum Gasteiger partial charge on any atom is -0.340 e. The first kappa shape index (κ1) is 17.7. The molecule has 1 heterocycles. The van der Waals surface area contributed by atoms with Crippen molar-refractivity contribution in [2.45, 2.75) is 30.4 Å². The van der Waals surface area contributed by atoms with Crippen molar-refractivity contribution < 1.29 is 9.72 Å². The van der Waals surface area contributed by atoms with Crippen molar-refractivity contribution in [2.75, 3.05) is 32.7 Å². The number of nitro benzene ring substituents is 1. The van der Waals surface area contributed by atoms with Gasteiger partial charge in [0.25, 0.3) is 5.69 Å². The van der Waals surface area contributed by atoms with Gasteiger partial charge in [0.15, 0.2) is 0 Å². The number of likely N-dealkylation sites (N-methyl/N-ethyl adjacent to an activating group) is 1. The van der Waals surface area contributed by atoms with E-state index in [1.54, 1.807) is 12.1 Å². The minimum atomic E-state index is -0.417. The van der Waals surface area contributed by atoms with Crippen LogP contribution in [-0.4, -0.2) is 58.6 Å². The molecule has 6 nitrogen and oxygen atoms in total. The standard InChI is InChI=1S/C16H23N3O3S/c1-3-17-9-4-10-18(12-11-17)16(20)13(2)23-15-7-5-14(6-8-15)19(21)22/h5-8,13H,3-4,9-12H2,1-2H3/t13-/m0/s1. The summed E-state index contributed by atoms with van der Waals surface area (Å²) in [5.74, 6) is 0.145. The molecule has 1 amide bonds. The number of carbonyl (C=O) groups excluding carboxylic acids is 1. The largest absolute Gasteiger partial charge is 0.340 e. The number of carbonyl (C=O) groups is 1. The number of nitrogens with zero attached hydrogens (tertiary/aromatic N) is 3. The smallest absolute Gasteiger partial charge is 0.269 e. The molecule has 0 radical (unpaired) electrons. The molecule has 23 heavy (non-hydrogen) atoms. The fourth-order valence-corrected chi connectivity index (χ4v) is 3.62. The Labute approximate surface area is 141 Å². The lowest BCUT2D eigenvalue weighted by Crippen LogP contribution is -2.39. The van der Waals surface area contributed by atoms with E-state index in [-0.39, 0.29) is 16.8 Å². The highest BCUT2D eigenvalue weighted by Crippen LogP contribution is 2.26. The fourth-order valence-electron chi connectivity index (χ4n) is 2.67. The average Bonchev–Trinajstić information content (AvgIpc) is 2.80. The predicted molar refractivity (Wildman–Crippen MR) is 91.7 cm³/mol. The maximum Gasteiger partial charge on any atom is 0.269 e. The van der Waals surface area contributed by atoms with Gasteiger partial charge in [-0.2, -0.15) is 0 Å². The van der Waals surface area contributed by atoms with E-state index in [1.807, 2.05) is 11.8 Å². The molecule has 1 saturated heterocycles. The normalized spacial score (nSPS) is 17.6. The third-order valence-corrected chi connectivity index (χ3v) is 5.16. The summed E-state index contributed by atoms with van der Waals surface area (Å²) in [6, 6.07) is 6.36. The van der Waals surface area contributed by atoms with E-state index < -0.39 is 4.92 Å². The second-order valence-electron chi connectivity index (χ2n) is 5.62. The lowest BCUT2D eigenvalue weighted by atomic mass is 10.3. The average molecular weight is 337 g/mol. The van der Waals surface area contributed by atoms with Crippen LogP contribution >= 0.6 is 11.8 Å². The zero-order chi connectivity index (χ0) is 16.8. The van der Waals surface area contributed by atoms with Crippen LogP contribution in [-0.2, 0) is 4.79 Å². The van der Waals surface area contributed by atoms with Crippen molar-refractivity contribution in [3.8, 4) is 0 Å². The van der Waals surface area contributed by atoms with Gasteiger partial charge in [-0.3, -0.25) is 14.9 Å². The van der Waals surface area contributed by atoms with Gasteiger partial charge in [0.2, 0.25) is 5.91 Å². The van der Waals surface area contributed by atoms with Crippen LogP contribution in [0.4, 0.5) is 5.69 Å². The molecule has 0 aliphatic carbocycles. The summed E-state index contributed by atoms with van der Waals surface area (Å²) in [6.07, 6.45) is 1.01. The molecule has 0 bridgehead atoms. The summed E-state index contributed by atoms with van der Waals surface area (Å²) in [5.41, 5.74) is 0.0699. The number of amides is 1. The van der Waals surface area contributed by atoms with Crippen molar-refractivity contribution in [1.82, 2.24) is 9.80 Å². The Morgan fingerprint density at radius 2 is 1.96 bits per heavy atom. The molecule has 1 aliphatic heterocycles. The molecule has 1 aliphatic rings. The summed E-state index contributed by atoms with van der Waals surface area (Å²) >= 11 is 1.45. The third kappa shape index (κ3) is 4.94. The first-order chi connectivity index (χ1) is 11.0. The molecule has 0 saturated carbocycles. The van der Waals surface area contributed by atoms with E-state index in [0.717, 1.165) is 44.0 Å². The van der Waals surface area contributed by atoms with Crippen LogP contribution < -0.4 is 0 Å². The van der Waals surface area contributed by atoms with Gasteiger partial charge >= 0.3 is 0 Å². The maximum atomic E-state index is 12.6. The van der Waals surface area contributed by atoms with E-state index in [0.29, 0.717) is 0 Å². The second kappa shape index (κ2) is 8.31. The molecule has 1 atom stereocenters. The molecule has 1 aromatic carbocycles. The molecule has 126 valence electrons. The number of hydrogen-bond donors (Lipinski definition) is 0. The van der Waals surface area contributed by atoms with Crippen LogP contribution in [0, 0.1) is 10.1 Å². The molecule has 1 fully saturated rings. The van der Waals surface area contributed by atoms with Crippen LogP contribution in [0.25, 0.3) is 0 Å². The van der Waals surface area contributed by atoms with Gasteiger partial charge in [-0.1, -0.05) is 6.92 Å². The molecule has 0 unspecified atom stereocenters. The second-order valence-corrected chi connectivity index (χ2v) is 7.04. The number of benzene rings is 1. The Kier molecular flexibility index (Phi) is 6.41. The summed E-state index contributed by atoms with van der Waals surface area (Å²) in [7, 11) is 0.